The van der Waals surface area contributed by atoms with E-state index in [-0.39, 0.29) is 5.82 Å². The number of nitrogens with zero attached hydrogens (tertiary/aromatic N) is 1. The van der Waals surface area contributed by atoms with Crippen LogP contribution in [0.4, 0.5) is 10.1 Å². The molecular formula is C14H12Cl2FN. The highest BCUT2D eigenvalue weighted by atomic mass is 35.5. The number of halogens is 3. The van der Waals surface area contributed by atoms with Crippen molar-refractivity contribution in [3.63, 3.8) is 0 Å². The van der Waals surface area contributed by atoms with Crippen LogP contribution in [-0.4, -0.2) is 14.1 Å². The third-order valence-corrected chi connectivity index (χ3v) is 3.08. The molecule has 0 aliphatic carbocycles. The summed E-state index contributed by atoms with van der Waals surface area (Å²) in [5, 5.41) is 0.985. The van der Waals surface area contributed by atoms with E-state index >= 15 is 0 Å². The number of benzene rings is 2. The molecule has 0 atom stereocenters. The molecule has 4 heteroatoms. The van der Waals surface area contributed by atoms with Crippen molar-refractivity contribution in [1.82, 2.24) is 0 Å². The first-order chi connectivity index (χ1) is 8.47. The highest BCUT2D eigenvalue weighted by Crippen LogP contribution is 2.31. The van der Waals surface area contributed by atoms with E-state index in [0.29, 0.717) is 21.2 Å². The van der Waals surface area contributed by atoms with Crippen molar-refractivity contribution in [2.75, 3.05) is 19.0 Å². The predicted molar refractivity (Wildman–Crippen MR) is 76.2 cm³/mol. The maximum absolute atomic E-state index is 13.9. The third-order valence-electron chi connectivity index (χ3n) is 2.64. The maximum Gasteiger partial charge on any atom is 0.131 e. The Morgan fingerprint density at radius 1 is 0.944 bits per heavy atom. The average Bonchev–Trinajstić information content (AvgIpc) is 2.27. The van der Waals surface area contributed by atoms with Crippen LogP contribution in [0.2, 0.25) is 10.0 Å². The third kappa shape index (κ3) is 2.77. The second-order valence-electron chi connectivity index (χ2n) is 4.22. The summed E-state index contributed by atoms with van der Waals surface area (Å²) in [5.41, 5.74) is 2.08. The van der Waals surface area contributed by atoms with E-state index in [1.165, 1.54) is 6.07 Å². The number of rotatable bonds is 2. The van der Waals surface area contributed by atoms with Crippen LogP contribution < -0.4 is 4.90 Å². The molecule has 0 saturated carbocycles. The molecule has 0 fully saturated rings. The summed E-state index contributed by atoms with van der Waals surface area (Å²) >= 11 is 11.9. The lowest BCUT2D eigenvalue weighted by molar-refractivity contribution is 0.631. The Hall–Kier alpha value is -1.25. The topological polar surface area (TPSA) is 3.24 Å². The molecule has 1 nitrogen and oxygen atoms in total. The van der Waals surface area contributed by atoms with E-state index in [0.717, 1.165) is 5.69 Å². The van der Waals surface area contributed by atoms with E-state index in [1.54, 1.807) is 30.3 Å². The SMILES string of the molecule is CN(C)c1ccc(F)c(-c2cc(Cl)cc(Cl)c2)c1. The van der Waals surface area contributed by atoms with Crippen molar-refractivity contribution in [2.45, 2.75) is 0 Å². The summed E-state index contributed by atoms with van der Waals surface area (Å²) in [6, 6.07) is 9.97. The maximum atomic E-state index is 13.9. The van der Waals surface area contributed by atoms with Gasteiger partial charge >= 0.3 is 0 Å². The van der Waals surface area contributed by atoms with Crippen LogP contribution in [0.25, 0.3) is 11.1 Å². The van der Waals surface area contributed by atoms with Crippen LogP contribution in [0.5, 0.6) is 0 Å². The van der Waals surface area contributed by atoms with Gasteiger partial charge in [0.25, 0.3) is 0 Å². The molecule has 0 unspecified atom stereocenters. The van der Waals surface area contributed by atoms with E-state index in [9.17, 15) is 4.39 Å². The van der Waals surface area contributed by atoms with Crippen LogP contribution in [0.1, 0.15) is 0 Å². The first kappa shape index (κ1) is 13.2. The molecule has 0 aliphatic heterocycles. The van der Waals surface area contributed by atoms with Crippen LogP contribution in [0.15, 0.2) is 36.4 Å². The fraction of sp³-hybridized carbons (Fsp3) is 0.143. The lowest BCUT2D eigenvalue weighted by Gasteiger charge is -2.14. The molecule has 94 valence electrons. The molecule has 0 heterocycles. The molecule has 2 aromatic carbocycles. The molecule has 0 saturated heterocycles. The summed E-state index contributed by atoms with van der Waals surface area (Å²) in [4.78, 5) is 1.91. The minimum absolute atomic E-state index is 0.293. The molecule has 0 aromatic heterocycles. The molecule has 0 amide bonds. The van der Waals surface area contributed by atoms with Gasteiger partial charge in [0.2, 0.25) is 0 Å². The Morgan fingerprint density at radius 2 is 1.56 bits per heavy atom. The van der Waals surface area contributed by atoms with Crippen molar-refractivity contribution in [2.24, 2.45) is 0 Å². The van der Waals surface area contributed by atoms with Crippen molar-refractivity contribution >= 4 is 28.9 Å². The van der Waals surface area contributed by atoms with E-state index in [2.05, 4.69) is 0 Å². The lowest BCUT2D eigenvalue weighted by atomic mass is 10.0. The van der Waals surface area contributed by atoms with Gasteiger partial charge in [0.15, 0.2) is 0 Å². The van der Waals surface area contributed by atoms with E-state index in [4.69, 9.17) is 23.2 Å². The van der Waals surface area contributed by atoms with Crippen molar-refractivity contribution in [1.29, 1.82) is 0 Å². The van der Waals surface area contributed by atoms with E-state index < -0.39 is 0 Å². The number of hydrogen-bond acceptors (Lipinski definition) is 1. The smallest absolute Gasteiger partial charge is 0.131 e. The van der Waals surface area contributed by atoms with Gasteiger partial charge in [0, 0.05) is 35.4 Å². The molecule has 18 heavy (non-hydrogen) atoms. The summed E-state index contributed by atoms with van der Waals surface area (Å²) in [6.45, 7) is 0. The Labute approximate surface area is 116 Å². The highest BCUT2D eigenvalue weighted by molar-refractivity contribution is 6.35. The molecule has 2 aromatic rings. The molecule has 0 radical (unpaired) electrons. The highest BCUT2D eigenvalue weighted by Gasteiger charge is 2.09. The summed E-state index contributed by atoms with van der Waals surface area (Å²) in [7, 11) is 3.81. The molecule has 0 aliphatic rings. The van der Waals surface area contributed by atoms with Gasteiger partial charge in [-0.3, -0.25) is 0 Å². The van der Waals surface area contributed by atoms with Gasteiger partial charge in [-0.1, -0.05) is 23.2 Å². The predicted octanol–water partition coefficient (Wildman–Crippen LogP) is 4.87. The lowest BCUT2D eigenvalue weighted by Crippen LogP contribution is -2.08. The summed E-state index contributed by atoms with van der Waals surface area (Å²) < 4.78 is 13.9. The Bertz CT molecular complexity index is 562. The average molecular weight is 284 g/mol. The van der Waals surface area contributed by atoms with Crippen LogP contribution in [0, 0.1) is 5.82 Å². The fourth-order valence-corrected chi connectivity index (χ4v) is 2.25. The zero-order valence-corrected chi connectivity index (χ0v) is 11.6. The molecule has 0 spiro atoms. The molecule has 0 bridgehead atoms. The van der Waals surface area contributed by atoms with Gasteiger partial charge in [-0.25, -0.2) is 4.39 Å². The van der Waals surface area contributed by atoms with Gasteiger partial charge in [0.05, 0.1) is 0 Å². The number of anilines is 1. The minimum Gasteiger partial charge on any atom is -0.378 e. The Balaban J connectivity index is 2.58. The zero-order valence-electron chi connectivity index (χ0n) is 10.0. The monoisotopic (exact) mass is 283 g/mol. The van der Waals surface area contributed by atoms with Crippen molar-refractivity contribution in [3.8, 4) is 11.1 Å². The largest absolute Gasteiger partial charge is 0.378 e. The van der Waals surface area contributed by atoms with E-state index in [1.807, 2.05) is 19.0 Å². The molecular weight excluding hydrogens is 272 g/mol. The quantitative estimate of drug-likeness (QED) is 0.760. The molecule has 2 rings (SSSR count). The zero-order chi connectivity index (χ0) is 13.3. The minimum atomic E-state index is -0.293. The van der Waals surface area contributed by atoms with Gasteiger partial charge in [0.1, 0.15) is 5.82 Å². The van der Waals surface area contributed by atoms with Gasteiger partial charge < -0.3 is 4.90 Å². The first-order valence-electron chi connectivity index (χ1n) is 5.41. The standard InChI is InChI=1S/C14H12Cl2FN/c1-18(2)12-3-4-14(17)13(8-12)9-5-10(15)7-11(16)6-9/h3-8H,1-2H3. The second-order valence-corrected chi connectivity index (χ2v) is 5.09. The molecule has 0 N–H and O–H groups in total. The fourth-order valence-electron chi connectivity index (χ4n) is 1.72. The summed E-state index contributed by atoms with van der Waals surface area (Å²) in [5.74, 6) is -0.293. The van der Waals surface area contributed by atoms with Crippen LogP contribution in [-0.2, 0) is 0 Å². The van der Waals surface area contributed by atoms with Crippen LogP contribution in [0.3, 0.4) is 0 Å². The Morgan fingerprint density at radius 3 is 2.11 bits per heavy atom. The van der Waals surface area contributed by atoms with Crippen LogP contribution >= 0.6 is 23.2 Å². The summed E-state index contributed by atoms with van der Waals surface area (Å²) in [6.07, 6.45) is 0. The van der Waals surface area contributed by atoms with Crippen molar-refractivity contribution in [3.05, 3.63) is 52.3 Å². The van der Waals surface area contributed by atoms with Gasteiger partial charge in [-0.2, -0.15) is 0 Å². The normalized spacial score (nSPS) is 10.5. The van der Waals surface area contributed by atoms with Crippen molar-refractivity contribution < 1.29 is 4.39 Å². The Kier molecular flexibility index (Phi) is 3.79. The van der Waals surface area contributed by atoms with Gasteiger partial charge in [-0.05, 0) is 42.0 Å². The van der Waals surface area contributed by atoms with Gasteiger partial charge in [-0.15, -0.1) is 0 Å². The second kappa shape index (κ2) is 5.17. The first-order valence-corrected chi connectivity index (χ1v) is 6.16. The number of hydrogen-bond donors (Lipinski definition) is 0.